The monoisotopic (exact) mass is 349 g/mol. The molecule has 0 atom stereocenters. The zero-order valence-electron chi connectivity index (χ0n) is 14.4. The van der Waals surface area contributed by atoms with E-state index in [1.165, 1.54) is 0 Å². The van der Waals surface area contributed by atoms with Crippen LogP contribution in [0.15, 0.2) is 41.3 Å². The van der Waals surface area contributed by atoms with Gasteiger partial charge in [-0.2, -0.15) is 0 Å². The SMILES string of the molecule is CCOc1cc(C)c(C)cc1S(=O)(=O)NCc1ccc(OC)cc1. The highest BCUT2D eigenvalue weighted by atomic mass is 32.2. The molecule has 0 fully saturated rings. The molecule has 24 heavy (non-hydrogen) atoms. The molecule has 2 rings (SSSR count). The first-order chi connectivity index (χ1) is 11.4. The fourth-order valence-electron chi connectivity index (χ4n) is 2.24. The summed E-state index contributed by atoms with van der Waals surface area (Å²) in [6, 6.07) is 10.7. The quantitative estimate of drug-likeness (QED) is 0.834. The summed E-state index contributed by atoms with van der Waals surface area (Å²) >= 11 is 0. The minimum atomic E-state index is -3.67. The summed E-state index contributed by atoms with van der Waals surface area (Å²) in [5, 5.41) is 0. The van der Waals surface area contributed by atoms with Crippen molar-refractivity contribution >= 4 is 10.0 Å². The molecule has 0 aliphatic carbocycles. The first kappa shape index (κ1) is 18.3. The highest BCUT2D eigenvalue weighted by Gasteiger charge is 2.20. The molecule has 0 radical (unpaired) electrons. The van der Waals surface area contributed by atoms with Crippen molar-refractivity contribution in [3.05, 3.63) is 53.1 Å². The number of sulfonamides is 1. The van der Waals surface area contributed by atoms with Crippen LogP contribution in [0.1, 0.15) is 23.6 Å². The largest absolute Gasteiger partial charge is 0.497 e. The Labute approximate surface area is 143 Å². The first-order valence-electron chi connectivity index (χ1n) is 7.74. The first-order valence-corrected chi connectivity index (χ1v) is 9.22. The molecular formula is C18H23NO4S. The molecule has 0 unspecified atom stereocenters. The zero-order valence-corrected chi connectivity index (χ0v) is 15.2. The Bertz CT molecular complexity index is 799. The van der Waals surface area contributed by atoms with E-state index in [0.29, 0.717) is 12.4 Å². The standard InChI is InChI=1S/C18H23NO4S/c1-5-23-17-10-13(2)14(3)11-18(17)24(20,21)19-12-15-6-8-16(22-4)9-7-15/h6-11,19H,5,12H2,1-4H3. The zero-order chi connectivity index (χ0) is 17.7. The van der Waals surface area contributed by atoms with Gasteiger partial charge in [0.2, 0.25) is 10.0 Å². The molecule has 0 spiro atoms. The summed E-state index contributed by atoms with van der Waals surface area (Å²) in [5.74, 6) is 1.11. The third-order valence-corrected chi connectivity index (χ3v) is 5.20. The Morgan fingerprint density at radius 1 is 1.04 bits per heavy atom. The van der Waals surface area contributed by atoms with Gasteiger partial charge in [-0.05, 0) is 61.7 Å². The molecule has 0 amide bonds. The minimum absolute atomic E-state index is 0.168. The van der Waals surface area contributed by atoms with Gasteiger partial charge in [0.25, 0.3) is 0 Å². The summed E-state index contributed by atoms with van der Waals surface area (Å²) in [6.45, 7) is 6.25. The molecule has 0 heterocycles. The van der Waals surface area contributed by atoms with Gasteiger partial charge in [-0.25, -0.2) is 13.1 Å². The van der Waals surface area contributed by atoms with Gasteiger partial charge in [-0.3, -0.25) is 0 Å². The van der Waals surface area contributed by atoms with Crippen molar-refractivity contribution < 1.29 is 17.9 Å². The van der Waals surface area contributed by atoms with Crippen molar-refractivity contribution in [1.82, 2.24) is 4.72 Å². The van der Waals surface area contributed by atoms with Crippen LogP contribution < -0.4 is 14.2 Å². The number of benzene rings is 2. The molecule has 2 aromatic rings. The number of methoxy groups -OCH3 is 1. The van der Waals surface area contributed by atoms with Gasteiger partial charge in [0.05, 0.1) is 13.7 Å². The van der Waals surface area contributed by atoms with Crippen molar-refractivity contribution in [2.24, 2.45) is 0 Å². The number of rotatable bonds is 7. The molecule has 130 valence electrons. The predicted molar refractivity (Wildman–Crippen MR) is 94.1 cm³/mol. The Morgan fingerprint density at radius 3 is 2.25 bits per heavy atom. The fourth-order valence-corrected chi connectivity index (χ4v) is 3.47. The van der Waals surface area contributed by atoms with Crippen LogP contribution in [0.2, 0.25) is 0 Å². The van der Waals surface area contributed by atoms with Crippen LogP contribution in [0.3, 0.4) is 0 Å². The average Bonchev–Trinajstić information content (AvgIpc) is 2.56. The number of hydrogen-bond acceptors (Lipinski definition) is 4. The lowest BCUT2D eigenvalue weighted by Gasteiger charge is -2.14. The Balaban J connectivity index is 2.24. The lowest BCUT2D eigenvalue weighted by Crippen LogP contribution is -2.24. The summed E-state index contributed by atoms with van der Waals surface area (Å²) < 4.78 is 38.6. The van der Waals surface area contributed by atoms with Gasteiger partial charge in [0.15, 0.2) is 0 Å². The molecule has 0 saturated heterocycles. The van der Waals surface area contributed by atoms with Crippen LogP contribution in [0, 0.1) is 13.8 Å². The number of hydrogen-bond donors (Lipinski definition) is 1. The Kier molecular flexibility index (Phi) is 5.85. The minimum Gasteiger partial charge on any atom is -0.497 e. The molecule has 0 aliphatic heterocycles. The maximum Gasteiger partial charge on any atom is 0.244 e. The smallest absolute Gasteiger partial charge is 0.244 e. The maximum atomic E-state index is 12.7. The second-order valence-corrected chi connectivity index (χ2v) is 7.22. The highest BCUT2D eigenvalue weighted by Crippen LogP contribution is 2.27. The molecule has 6 heteroatoms. The predicted octanol–water partition coefficient (Wildman–Crippen LogP) is 3.19. The number of aryl methyl sites for hydroxylation is 2. The normalized spacial score (nSPS) is 11.3. The third kappa shape index (κ3) is 4.27. The summed E-state index contributed by atoms with van der Waals surface area (Å²) in [4.78, 5) is 0.168. The van der Waals surface area contributed by atoms with Crippen molar-refractivity contribution in [3.63, 3.8) is 0 Å². The van der Waals surface area contributed by atoms with Crippen LogP contribution in [0.4, 0.5) is 0 Å². The van der Waals surface area contributed by atoms with E-state index in [0.717, 1.165) is 22.4 Å². The van der Waals surface area contributed by atoms with E-state index in [2.05, 4.69) is 4.72 Å². The molecule has 0 aromatic heterocycles. The van der Waals surface area contributed by atoms with Gasteiger partial charge < -0.3 is 9.47 Å². The van der Waals surface area contributed by atoms with E-state index in [1.807, 2.05) is 32.9 Å². The fraction of sp³-hybridized carbons (Fsp3) is 0.333. The van der Waals surface area contributed by atoms with Gasteiger partial charge >= 0.3 is 0 Å². The van der Waals surface area contributed by atoms with Crippen molar-refractivity contribution in [2.75, 3.05) is 13.7 Å². The molecule has 0 bridgehead atoms. The van der Waals surface area contributed by atoms with Gasteiger partial charge in [-0.1, -0.05) is 12.1 Å². The molecule has 5 nitrogen and oxygen atoms in total. The topological polar surface area (TPSA) is 64.6 Å². The van der Waals surface area contributed by atoms with Crippen LogP contribution in [-0.4, -0.2) is 22.1 Å². The van der Waals surface area contributed by atoms with E-state index in [4.69, 9.17) is 9.47 Å². The second-order valence-electron chi connectivity index (χ2n) is 5.49. The van der Waals surface area contributed by atoms with Crippen molar-refractivity contribution in [2.45, 2.75) is 32.2 Å². The molecule has 2 aromatic carbocycles. The maximum absolute atomic E-state index is 12.7. The highest BCUT2D eigenvalue weighted by molar-refractivity contribution is 7.89. The van der Waals surface area contributed by atoms with Crippen LogP contribution in [-0.2, 0) is 16.6 Å². The summed E-state index contributed by atoms with van der Waals surface area (Å²) in [6.07, 6.45) is 0. The van der Waals surface area contributed by atoms with E-state index < -0.39 is 10.0 Å². The molecule has 0 aliphatic rings. The van der Waals surface area contributed by atoms with Crippen LogP contribution in [0.25, 0.3) is 0 Å². The van der Waals surface area contributed by atoms with Crippen LogP contribution >= 0.6 is 0 Å². The van der Waals surface area contributed by atoms with Gasteiger partial charge in [-0.15, -0.1) is 0 Å². The van der Waals surface area contributed by atoms with E-state index >= 15 is 0 Å². The number of nitrogens with one attached hydrogen (secondary N) is 1. The number of ether oxygens (including phenoxy) is 2. The van der Waals surface area contributed by atoms with Crippen LogP contribution in [0.5, 0.6) is 11.5 Å². The van der Waals surface area contributed by atoms with E-state index in [9.17, 15) is 8.42 Å². The second kappa shape index (κ2) is 7.68. The van der Waals surface area contributed by atoms with Gasteiger partial charge in [0.1, 0.15) is 16.4 Å². The third-order valence-electron chi connectivity index (χ3n) is 3.77. The van der Waals surface area contributed by atoms with Gasteiger partial charge in [0, 0.05) is 6.54 Å². The molecule has 0 saturated carbocycles. The lowest BCUT2D eigenvalue weighted by atomic mass is 10.1. The lowest BCUT2D eigenvalue weighted by molar-refractivity contribution is 0.330. The van der Waals surface area contributed by atoms with Crippen molar-refractivity contribution in [3.8, 4) is 11.5 Å². The molecular weight excluding hydrogens is 326 g/mol. The van der Waals surface area contributed by atoms with E-state index in [1.54, 1.807) is 31.4 Å². The molecule has 1 N–H and O–H groups in total. The summed E-state index contributed by atoms with van der Waals surface area (Å²) in [5.41, 5.74) is 2.75. The van der Waals surface area contributed by atoms with E-state index in [-0.39, 0.29) is 11.4 Å². The van der Waals surface area contributed by atoms with Crippen molar-refractivity contribution in [1.29, 1.82) is 0 Å². The Hall–Kier alpha value is -2.05. The average molecular weight is 349 g/mol. The summed E-state index contributed by atoms with van der Waals surface area (Å²) in [7, 11) is -2.08. The Morgan fingerprint density at radius 2 is 1.67 bits per heavy atom.